The quantitative estimate of drug-likeness (QED) is 0.847. The summed E-state index contributed by atoms with van der Waals surface area (Å²) in [6.07, 6.45) is 1.08. The average Bonchev–Trinajstić information content (AvgIpc) is 2.95. The Labute approximate surface area is 112 Å². The molecule has 0 radical (unpaired) electrons. The van der Waals surface area contributed by atoms with Crippen LogP contribution < -0.4 is 10.5 Å². The van der Waals surface area contributed by atoms with Crippen molar-refractivity contribution in [2.45, 2.75) is 24.8 Å². The molecular weight excluding hydrogens is 272 g/mol. The van der Waals surface area contributed by atoms with E-state index in [-0.39, 0.29) is 11.4 Å². The highest BCUT2D eigenvalue weighted by Gasteiger charge is 2.23. The number of thioether (sulfide) groups is 1. The number of hydrogen-bond donors (Lipinski definition) is 2. The summed E-state index contributed by atoms with van der Waals surface area (Å²) in [5, 5.41) is 0. The first-order chi connectivity index (χ1) is 8.53. The molecule has 1 saturated heterocycles. The normalized spacial score (nSPS) is 20.4. The summed E-state index contributed by atoms with van der Waals surface area (Å²) in [6, 6.07) is 1.50. The van der Waals surface area contributed by atoms with Crippen LogP contribution in [0.3, 0.4) is 0 Å². The number of hydrogen-bond acceptors (Lipinski definition) is 5. The molecule has 2 heterocycles. The first-order valence-electron chi connectivity index (χ1n) is 5.89. The first kappa shape index (κ1) is 13.9. The van der Waals surface area contributed by atoms with Crippen molar-refractivity contribution < 1.29 is 12.8 Å². The fourth-order valence-corrected chi connectivity index (χ4v) is 4.54. The molecule has 102 valence electrons. The highest BCUT2D eigenvalue weighted by molar-refractivity contribution is 7.99. The maximum Gasteiger partial charge on any atom is 0.244 e. The summed E-state index contributed by atoms with van der Waals surface area (Å²) in [5.74, 6) is 3.47. The predicted molar refractivity (Wildman–Crippen MR) is 72.0 cm³/mol. The third-order valence-electron chi connectivity index (χ3n) is 3.00. The van der Waals surface area contributed by atoms with Gasteiger partial charge in [0.25, 0.3) is 0 Å². The van der Waals surface area contributed by atoms with E-state index in [2.05, 4.69) is 4.72 Å². The minimum atomic E-state index is -3.48. The molecule has 0 amide bonds. The second-order valence-corrected chi connectivity index (χ2v) is 7.30. The van der Waals surface area contributed by atoms with Gasteiger partial charge in [-0.25, -0.2) is 13.1 Å². The molecule has 3 N–H and O–H groups in total. The van der Waals surface area contributed by atoms with Crippen LogP contribution in [0.15, 0.2) is 15.4 Å². The predicted octanol–water partition coefficient (Wildman–Crippen LogP) is 1.08. The van der Waals surface area contributed by atoms with E-state index in [1.54, 1.807) is 6.92 Å². The van der Waals surface area contributed by atoms with Gasteiger partial charge >= 0.3 is 0 Å². The van der Waals surface area contributed by atoms with E-state index in [0.29, 0.717) is 24.0 Å². The van der Waals surface area contributed by atoms with Crippen LogP contribution >= 0.6 is 11.8 Å². The van der Waals surface area contributed by atoms with Crippen molar-refractivity contribution in [1.29, 1.82) is 0 Å². The van der Waals surface area contributed by atoms with Crippen LogP contribution in [0.2, 0.25) is 0 Å². The summed E-state index contributed by atoms with van der Waals surface area (Å²) < 4.78 is 32.2. The molecule has 0 saturated carbocycles. The van der Waals surface area contributed by atoms with Gasteiger partial charge in [0.05, 0.1) is 6.54 Å². The van der Waals surface area contributed by atoms with Crippen molar-refractivity contribution in [1.82, 2.24) is 4.72 Å². The molecule has 7 heteroatoms. The van der Waals surface area contributed by atoms with Gasteiger partial charge in [0.2, 0.25) is 10.0 Å². The maximum atomic E-state index is 12.1. The maximum absolute atomic E-state index is 12.1. The van der Waals surface area contributed by atoms with E-state index >= 15 is 0 Å². The van der Waals surface area contributed by atoms with Crippen LogP contribution in [0, 0.1) is 12.8 Å². The Morgan fingerprint density at radius 2 is 2.39 bits per heavy atom. The number of nitrogens with two attached hydrogens (primary N) is 1. The van der Waals surface area contributed by atoms with Crippen molar-refractivity contribution in [3.63, 3.8) is 0 Å². The second kappa shape index (κ2) is 5.64. The number of aryl methyl sites for hydroxylation is 1. The van der Waals surface area contributed by atoms with Crippen LogP contribution in [-0.2, 0) is 16.6 Å². The molecule has 18 heavy (non-hydrogen) atoms. The molecule has 1 aromatic heterocycles. The van der Waals surface area contributed by atoms with Crippen molar-refractivity contribution >= 4 is 21.8 Å². The molecule has 0 spiro atoms. The number of nitrogens with one attached hydrogen (secondary N) is 1. The molecule has 0 aliphatic carbocycles. The van der Waals surface area contributed by atoms with E-state index in [9.17, 15) is 8.42 Å². The lowest BCUT2D eigenvalue weighted by Gasteiger charge is -2.09. The van der Waals surface area contributed by atoms with Crippen molar-refractivity contribution in [3.8, 4) is 0 Å². The fraction of sp³-hybridized carbons (Fsp3) is 0.636. The van der Waals surface area contributed by atoms with Crippen LogP contribution in [0.5, 0.6) is 0 Å². The third-order valence-corrected chi connectivity index (χ3v) is 5.76. The molecule has 1 fully saturated rings. The summed E-state index contributed by atoms with van der Waals surface area (Å²) in [6.45, 7) is 2.34. The number of sulfonamides is 1. The minimum absolute atomic E-state index is 0.202. The van der Waals surface area contributed by atoms with Gasteiger partial charge < -0.3 is 10.2 Å². The Balaban J connectivity index is 2.06. The Morgan fingerprint density at radius 3 is 2.94 bits per heavy atom. The van der Waals surface area contributed by atoms with E-state index in [1.807, 2.05) is 11.8 Å². The Morgan fingerprint density at radius 1 is 1.61 bits per heavy atom. The molecule has 1 aromatic rings. The Kier molecular flexibility index (Phi) is 4.37. The van der Waals surface area contributed by atoms with Gasteiger partial charge in [-0.15, -0.1) is 0 Å². The molecular formula is C11H18N2O3S2. The summed E-state index contributed by atoms with van der Waals surface area (Å²) in [4.78, 5) is 0.202. The van der Waals surface area contributed by atoms with Crippen molar-refractivity contribution in [3.05, 3.63) is 17.6 Å². The molecule has 0 bridgehead atoms. The Hall–Kier alpha value is -0.500. The van der Waals surface area contributed by atoms with E-state index in [1.165, 1.54) is 6.07 Å². The van der Waals surface area contributed by atoms with Crippen molar-refractivity contribution in [2.24, 2.45) is 11.7 Å². The molecule has 2 rings (SSSR count). The van der Waals surface area contributed by atoms with Gasteiger partial charge in [-0.3, -0.25) is 0 Å². The van der Waals surface area contributed by atoms with Crippen LogP contribution in [0.25, 0.3) is 0 Å². The zero-order valence-electron chi connectivity index (χ0n) is 10.3. The standard InChI is InChI=1S/C11H18N2O3S2/c1-8-11(4-10(5-12)16-8)18(14,15)13-6-9-2-3-17-7-9/h4,9,13H,2-3,5-7,12H2,1H3. The van der Waals surface area contributed by atoms with Gasteiger partial charge in [0.1, 0.15) is 16.4 Å². The first-order valence-corrected chi connectivity index (χ1v) is 8.53. The van der Waals surface area contributed by atoms with E-state index in [0.717, 1.165) is 17.9 Å². The van der Waals surface area contributed by atoms with Crippen molar-refractivity contribution in [2.75, 3.05) is 18.1 Å². The van der Waals surface area contributed by atoms with Crippen LogP contribution in [0.1, 0.15) is 17.9 Å². The SMILES string of the molecule is Cc1oc(CN)cc1S(=O)(=O)NCC1CCSC1. The van der Waals surface area contributed by atoms with Gasteiger partial charge in [-0.05, 0) is 30.8 Å². The summed E-state index contributed by atoms with van der Waals surface area (Å²) in [5.41, 5.74) is 5.44. The monoisotopic (exact) mass is 290 g/mol. The number of furan rings is 1. The van der Waals surface area contributed by atoms with Gasteiger partial charge in [0, 0.05) is 12.6 Å². The van der Waals surface area contributed by atoms with Gasteiger partial charge in [-0.2, -0.15) is 11.8 Å². The zero-order chi connectivity index (χ0) is 13.2. The van der Waals surface area contributed by atoms with Crippen LogP contribution in [-0.4, -0.2) is 26.5 Å². The molecule has 1 aliphatic rings. The molecule has 5 nitrogen and oxygen atoms in total. The molecule has 1 unspecified atom stereocenters. The number of rotatable bonds is 5. The average molecular weight is 290 g/mol. The summed E-state index contributed by atoms with van der Waals surface area (Å²) in [7, 11) is -3.48. The highest BCUT2D eigenvalue weighted by Crippen LogP contribution is 2.24. The lowest BCUT2D eigenvalue weighted by Crippen LogP contribution is -2.29. The van der Waals surface area contributed by atoms with Gasteiger partial charge in [0.15, 0.2) is 0 Å². The summed E-state index contributed by atoms with van der Waals surface area (Å²) >= 11 is 1.87. The fourth-order valence-electron chi connectivity index (χ4n) is 1.94. The molecule has 0 aromatic carbocycles. The van der Waals surface area contributed by atoms with Gasteiger partial charge in [-0.1, -0.05) is 0 Å². The lowest BCUT2D eigenvalue weighted by atomic mass is 10.1. The van der Waals surface area contributed by atoms with E-state index in [4.69, 9.17) is 10.2 Å². The minimum Gasteiger partial charge on any atom is -0.464 e. The third kappa shape index (κ3) is 3.09. The highest BCUT2D eigenvalue weighted by atomic mass is 32.2. The lowest BCUT2D eigenvalue weighted by molar-refractivity contribution is 0.478. The molecule has 1 aliphatic heterocycles. The largest absolute Gasteiger partial charge is 0.464 e. The molecule has 1 atom stereocenters. The second-order valence-electron chi connectivity index (χ2n) is 4.42. The topological polar surface area (TPSA) is 85.3 Å². The van der Waals surface area contributed by atoms with E-state index < -0.39 is 10.0 Å². The zero-order valence-corrected chi connectivity index (χ0v) is 11.9. The smallest absolute Gasteiger partial charge is 0.244 e. The Bertz CT molecular complexity index is 504. The van der Waals surface area contributed by atoms with Crippen LogP contribution in [0.4, 0.5) is 0 Å².